The summed E-state index contributed by atoms with van der Waals surface area (Å²) in [7, 11) is 0. The highest BCUT2D eigenvalue weighted by Crippen LogP contribution is 2.38. The molecule has 4 rings (SSSR count). The number of Topliss-reactive ketones (excluding diaryl/α,β-unsaturated/α-hetero) is 2. The monoisotopic (exact) mass is 478 g/mol. The van der Waals surface area contributed by atoms with Gasteiger partial charge in [0.2, 0.25) is 11.6 Å². The number of rotatable bonds is 8. The van der Waals surface area contributed by atoms with Gasteiger partial charge in [-0.3, -0.25) is 9.59 Å². The van der Waals surface area contributed by atoms with E-state index in [0.29, 0.717) is 47.5 Å². The predicted molar refractivity (Wildman–Crippen MR) is 135 cm³/mol. The number of nitrogens with one attached hydrogen (secondary N) is 2. The second kappa shape index (κ2) is 10.5. The predicted octanol–water partition coefficient (Wildman–Crippen LogP) is 5.69. The lowest BCUT2D eigenvalue weighted by molar-refractivity contribution is 0.0983. The van der Waals surface area contributed by atoms with Gasteiger partial charge >= 0.3 is 0 Å². The molecule has 0 bridgehead atoms. The van der Waals surface area contributed by atoms with Crippen LogP contribution in [0.1, 0.15) is 34.6 Å². The number of carbonyl (C=O) groups excluding carboxylic acids is 2. The molecular formula is C28H22N4O4. The van der Waals surface area contributed by atoms with E-state index in [0.717, 1.165) is 0 Å². The Morgan fingerprint density at radius 3 is 1.31 bits per heavy atom. The van der Waals surface area contributed by atoms with Crippen LogP contribution in [0.5, 0.6) is 11.5 Å². The molecule has 0 spiro atoms. The first-order valence-corrected chi connectivity index (χ1v) is 11.3. The average Bonchev–Trinajstić information content (AvgIpc) is 2.89. The summed E-state index contributed by atoms with van der Waals surface area (Å²) in [4.78, 5) is 26.7. The Bertz CT molecular complexity index is 1330. The molecule has 0 aliphatic heterocycles. The van der Waals surface area contributed by atoms with Crippen LogP contribution in [0.25, 0.3) is 0 Å². The molecular weight excluding hydrogens is 456 g/mol. The quantitative estimate of drug-likeness (QED) is 0.423. The number of carbonyl (C=O) groups is 2. The Morgan fingerprint density at radius 1 is 0.639 bits per heavy atom. The molecule has 3 aromatic carbocycles. The summed E-state index contributed by atoms with van der Waals surface area (Å²) in [6, 6.07) is 21.0. The maximum atomic E-state index is 13.3. The zero-order chi connectivity index (χ0) is 25.7. The van der Waals surface area contributed by atoms with Crippen LogP contribution in [0.15, 0.2) is 71.8 Å². The molecule has 2 N–H and O–H groups in total. The topological polar surface area (TPSA) is 124 Å². The van der Waals surface area contributed by atoms with Gasteiger partial charge < -0.3 is 20.1 Å². The van der Waals surface area contributed by atoms with Crippen molar-refractivity contribution >= 4 is 34.3 Å². The summed E-state index contributed by atoms with van der Waals surface area (Å²) in [5.41, 5.74) is 1.11. The molecule has 8 heteroatoms. The number of anilines is 4. The average molecular weight is 479 g/mol. The standard InChI is InChI=1S/C28H22N4O4/c1-3-35-19-9-5-17(6-10-19)31-23-13-14-24(32-18-7-11-20(12-8-18)36-4-2)26-25(23)27(33)21(15-29)22(16-30)28(26)34/h5-14,31-32H,3-4H2,1-2H3. The van der Waals surface area contributed by atoms with Gasteiger partial charge in [0.1, 0.15) is 34.8 Å². The SMILES string of the molecule is CCOc1ccc(Nc2ccc(Nc3ccc(OCC)cc3)c3c2C(=O)C(C#N)=C(C#N)C3=O)cc1. The zero-order valence-electron chi connectivity index (χ0n) is 19.7. The molecule has 8 nitrogen and oxygen atoms in total. The minimum Gasteiger partial charge on any atom is -0.494 e. The normalized spacial score (nSPS) is 12.3. The summed E-state index contributed by atoms with van der Waals surface area (Å²) in [5, 5.41) is 25.4. The van der Waals surface area contributed by atoms with Gasteiger partial charge in [-0.05, 0) is 74.5 Å². The first kappa shape index (κ1) is 24.1. The molecule has 0 saturated carbocycles. The highest BCUT2D eigenvalue weighted by Gasteiger charge is 2.36. The van der Waals surface area contributed by atoms with E-state index in [-0.39, 0.29) is 11.1 Å². The summed E-state index contributed by atoms with van der Waals surface area (Å²) in [6.45, 7) is 4.84. The summed E-state index contributed by atoms with van der Waals surface area (Å²) in [5.74, 6) is 0.0130. The number of fused-ring (bicyclic) bond motifs is 1. The van der Waals surface area contributed by atoms with E-state index in [9.17, 15) is 20.1 Å². The second-order valence-electron chi connectivity index (χ2n) is 7.71. The van der Waals surface area contributed by atoms with Gasteiger partial charge in [0, 0.05) is 11.4 Å². The molecule has 178 valence electrons. The molecule has 0 aromatic heterocycles. The van der Waals surface area contributed by atoms with Crippen molar-refractivity contribution in [3.63, 3.8) is 0 Å². The number of ketones is 2. The lowest BCUT2D eigenvalue weighted by Gasteiger charge is -2.22. The first-order valence-electron chi connectivity index (χ1n) is 11.3. The van der Waals surface area contributed by atoms with Gasteiger partial charge in [0.15, 0.2) is 0 Å². The molecule has 0 amide bonds. The van der Waals surface area contributed by atoms with Gasteiger partial charge in [0.05, 0.1) is 35.7 Å². The van der Waals surface area contributed by atoms with Gasteiger partial charge in [-0.1, -0.05) is 0 Å². The minimum atomic E-state index is -0.688. The number of nitriles is 2. The summed E-state index contributed by atoms with van der Waals surface area (Å²) in [6.07, 6.45) is 0. The molecule has 3 aromatic rings. The summed E-state index contributed by atoms with van der Waals surface area (Å²) < 4.78 is 10.9. The van der Waals surface area contributed by atoms with Crippen LogP contribution in [0.3, 0.4) is 0 Å². The van der Waals surface area contributed by atoms with Crippen LogP contribution in [-0.2, 0) is 0 Å². The van der Waals surface area contributed by atoms with Crippen molar-refractivity contribution in [1.29, 1.82) is 10.5 Å². The van der Waals surface area contributed by atoms with Crippen LogP contribution in [0, 0.1) is 22.7 Å². The molecule has 1 aliphatic carbocycles. The van der Waals surface area contributed by atoms with E-state index in [2.05, 4.69) is 10.6 Å². The maximum Gasteiger partial charge on any atom is 0.207 e. The van der Waals surface area contributed by atoms with Crippen molar-refractivity contribution in [3.8, 4) is 23.6 Å². The Labute approximate surface area is 208 Å². The molecule has 0 fully saturated rings. The summed E-state index contributed by atoms with van der Waals surface area (Å²) >= 11 is 0. The third-order valence-electron chi connectivity index (χ3n) is 5.48. The number of hydrogen-bond donors (Lipinski definition) is 2. The highest BCUT2D eigenvalue weighted by atomic mass is 16.5. The third kappa shape index (κ3) is 4.61. The number of nitrogens with zero attached hydrogens (tertiary/aromatic N) is 2. The minimum absolute atomic E-state index is 0.0281. The Kier molecular flexibility index (Phi) is 6.99. The molecule has 36 heavy (non-hydrogen) atoms. The molecule has 0 atom stereocenters. The Hall–Kier alpha value is -5.08. The fourth-order valence-corrected chi connectivity index (χ4v) is 3.89. The maximum absolute atomic E-state index is 13.3. The largest absolute Gasteiger partial charge is 0.494 e. The van der Waals surface area contributed by atoms with Crippen LogP contribution in [0.4, 0.5) is 22.7 Å². The number of hydrogen-bond acceptors (Lipinski definition) is 8. The van der Waals surface area contributed by atoms with Gasteiger partial charge in [-0.15, -0.1) is 0 Å². The molecule has 0 saturated heterocycles. The van der Waals surface area contributed by atoms with Gasteiger partial charge in [-0.2, -0.15) is 10.5 Å². The lowest BCUT2D eigenvalue weighted by Crippen LogP contribution is -2.23. The van der Waals surface area contributed by atoms with Crippen molar-refractivity contribution < 1.29 is 19.1 Å². The lowest BCUT2D eigenvalue weighted by atomic mass is 9.83. The molecule has 0 unspecified atom stereocenters. The van der Waals surface area contributed by atoms with Crippen molar-refractivity contribution in [2.24, 2.45) is 0 Å². The van der Waals surface area contributed by atoms with Crippen molar-refractivity contribution in [1.82, 2.24) is 0 Å². The van der Waals surface area contributed by atoms with E-state index in [1.165, 1.54) is 0 Å². The van der Waals surface area contributed by atoms with Crippen LogP contribution in [0.2, 0.25) is 0 Å². The zero-order valence-corrected chi connectivity index (χ0v) is 19.7. The Balaban J connectivity index is 1.78. The van der Waals surface area contributed by atoms with Gasteiger partial charge in [-0.25, -0.2) is 0 Å². The fourth-order valence-electron chi connectivity index (χ4n) is 3.89. The van der Waals surface area contributed by atoms with E-state index in [1.807, 2.05) is 13.8 Å². The van der Waals surface area contributed by atoms with Crippen LogP contribution < -0.4 is 20.1 Å². The first-order chi connectivity index (χ1) is 17.5. The fraction of sp³-hybridized carbons (Fsp3) is 0.143. The molecule has 1 aliphatic rings. The van der Waals surface area contributed by atoms with Crippen molar-refractivity contribution in [2.75, 3.05) is 23.8 Å². The third-order valence-corrected chi connectivity index (χ3v) is 5.48. The van der Waals surface area contributed by atoms with E-state index >= 15 is 0 Å². The number of benzene rings is 3. The number of allylic oxidation sites excluding steroid dienone is 2. The van der Waals surface area contributed by atoms with Crippen molar-refractivity contribution in [2.45, 2.75) is 13.8 Å². The smallest absolute Gasteiger partial charge is 0.207 e. The van der Waals surface area contributed by atoms with E-state index < -0.39 is 22.7 Å². The van der Waals surface area contributed by atoms with Gasteiger partial charge in [0.25, 0.3) is 0 Å². The number of ether oxygens (including phenoxy) is 2. The highest BCUT2D eigenvalue weighted by molar-refractivity contribution is 6.33. The van der Waals surface area contributed by atoms with Crippen LogP contribution >= 0.6 is 0 Å². The van der Waals surface area contributed by atoms with E-state index in [1.54, 1.807) is 72.8 Å². The van der Waals surface area contributed by atoms with Crippen molar-refractivity contribution in [3.05, 3.63) is 82.9 Å². The van der Waals surface area contributed by atoms with E-state index in [4.69, 9.17) is 9.47 Å². The molecule has 0 heterocycles. The second-order valence-corrected chi connectivity index (χ2v) is 7.71. The molecule has 0 radical (unpaired) electrons. The van der Waals surface area contributed by atoms with Crippen LogP contribution in [-0.4, -0.2) is 24.8 Å². The Morgan fingerprint density at radius 2 is 1.00 bits per heavy atom.